The molecular formula is C29H33FN2O5. The molecule has 1 amide bonds. The zero-order valence-corrected chi connectivity index (χ0v) is 21.3. The van der Waals surface area contributed by atoms with Gasteiger partial charge in [0.05, 0.1) is 14.2 Å². The molecule has 4 rings (SSSR count). The fourth-order valence-electron chi connectivity index (χ4n) is 4.14. The lowest BCUT2D eigenvalue weighted by Gasteiger charge is -2.17. The van der Waals surface area contributed by atoms with Gasteiger partial charge in [-0.3, -0.25) is 4.79 Å². The van der Waals surface area contributed by atoms with E-state index < -0.39 is 5.82 Å². The first kappa shape index (κ1) is 26.3. The highest BCUT2D eigenvalue weighted by Crippen LogP contribution is 2.34. The summed E-state index contributed by atoms with van der Waals surface area (Å²) in [5.41, 5.74) is 1.88. The van der Waals surface area contributed by atoms with Crippen molar-refractivity contribution >= 4 is 5.91 Å². The van der Waals surface area contributed by atoms with E-state index in [4.69, 9.17) is 18.9 Å². The summed E-state index contributed by atoms with van der Waals surface area (Å²) >= 11 is 0. The van der Waals surface area contributed by atoms with Crippen LogP contribution in [0.15, 0.2) is 60.7 Å². The van der Waals surface area contributed by atoms with Crippen LogP contribution in [0.3, 0.4) is 0 Å². The van der Waals surface area contributed by atoms with Crippen LogP contribution in [0.5, 0.6) is 23.0 Å². The van der Waals surface area contributed by atoms with Gasteiger partial charge in [0.15, 0.2) is 17.3 Å². The van der Waals surface area contributed by atoms with Gasteiger partial charge < -0.3 is 29.2 Å². The number of likely N-dealkylation sites (tertiary alicyclic amines) is 1. The average molecular weight is 509 g/mol. The first-order valence-electron chi connectivity index (χ1n) is 12.4. The van der Waals surface area contributed by atoms with Crippen LogP contribution in [0.2, 0.25) is 0 Å². The lowest BCUT2D eigenvalue weighted by Crippen LogP contribution is -2.33. The minimum Gasteiger partial charge on any atom is -0.497 e. The number of nitrogens with zero attached hydrogens (tertiary/aromatic N) is 1. The fraction of sp³-hybridized carbons (Fsp3) is 0.345. The number of rotatable bonds is 12. The van der Waals surface area contributed by atoms with Gasteiger partial charge >= 0.3 is 0 Å². The topological polar surface area (TPSA) is 69.3 Å². The van der Waals surface area contributed by atoms with Crippen LogP contribution in [-0.4, -0.2) is 51.2 Å². The van der Waals surface area contributed by atoms with Crippen molar-refractivity contribution in [2.75, 3.05) is 40.4 Å². The molecule has 0 atom stereocenters. The molecule has 1 N–H and O–H groups in total. The van der Waals surface area contributed by atoms with E-state index in [2.05, 4.69) is 10.2 Å². The smallest absolute Gasteiger partial charge is 0.251 e. The van der Waals surface area contributed by atoms with Crippen molar-refractivity contribution in [2.24, 2.45) is 0 Å². The van der Waals surface area contributed by atoms with Gasteiger partial charge in [0.25, 0.3) is 5.91 Å². The molecule has 7 nitrogen and oxygen atoms in total. The van der Waals surface area contributed by atoms with E-state index in [0.29, 0.717) is 6.54 Å². The van der Waals surface area contributed by atoms with E-state index in [-0.39, 0.29) is 36.2 Å². The average Bonchev–Trinajstić information content (AvgIpc) is 3.45. The fourth-order valence-corrected chi connectivity index (χ4v) is 4.14. The van der Waals surface area contributed by atoms with Gasteiger partial charge in [-0.05, 0) is 73.5 Å². The Balaban J connectivity index is 1.48. The molecule has 0 aliphatic carbocycles. The predicted octanol–water partition coefficient (Wildman–Crippen LogP) is 4.83. The molecule has 1 aliphatic rings. The Kier molecular flexibility index (Phi) is 9.21. The molecule has 0 spiro atoms. The van der Waals surface area contributed by atoms with E-state index in [0.717, 1.165) is 42.3 Å². The summed E-state index contributed by atoms with van der Waals surface area (Å²) in [6.07, 6.45) is 2.37. The van der Waals surface area contributed by atoms with Crippen molar-refractivity contribution in [3.05, 3.63) is 83.2 Å². The van der Waals surface area contributed by atoms with Crippen LogP contribution in [0.4, 0.5) is 4.39 Å². The number of benzene rings is 3. The standard InChI is InChI=1S/C29H33FN2O5/c1-34-24-9-5-21(6-10-24)19-36-27-18-23(29(33)31-13-16-32-14-3-4-15-32)17-26(30)28(27)37-20-22-7-11-25(35-2)12-8-22/h5-12,17-18H,3-4,13-16,19-20H2,1-2H3,(H,31,33). The molecule has 3 aromatic carbocycles. The Bertz CT molecular complexity index is 1160. The summed E-state index contributed by atoms with van der Waals surface area (Å²) in [6.45, 7) is 3.67. The maximum absolute atomic E-state index is 15.3. The monoisotopic (exact) mass is 508 g/mol. The second-order valence-corrected chi connectivity index (χ2v) is 8.86. The van der Waals surface area contributed by atoms with Gasteiger partial charge in [0.2, 0.25) is 0 Å². The van der Waals surface area contributed by atoms with Crippen molar-refractivity contribution in [1.82, 2.24) is 10.2 Å². The third-order valence-electron chi connectivity index (χ3n) is 6.28. The van der Waals surface area contributed by atoms with Crippen LogP contribution in [0, 0.1) is 5.82 Å². The number of methoxy groups -OCH3 is 2. The third kappa shape index (κ3) is 7.36. The summed E-state index contributed by atoms with van der Waals surface area (Å²) in [5.74, 6) is 0.552. The number of amides is 1. The van der Waals surface area contributed by atoms with E-state index >= 15 is 4.39 Å². The number of carbonyl (C=O) groups excluding carboxylic acids is 1. The molecule has 0 unspecified atom stereocenters. The number of ether oxygens (including phenoxy) is 4. The maximum atomic E-state index is 15.3. The van der Waals surface area contributed by atoms with Crippen molar-refractivity contribution in [3.63, 3.8) is 0 Å². The zero-order chi connectivity index (χ0) is 26.0. The normalized spacial score (nSPS) is 13.3. The first-order valence-corrected chi connectivity index (χ1v) is 12.4. The molecular weight excluding hydrogens is 475 g/mol. The minimum atomic E-state index is -0.662. The predicted molar refractivity (Wildman–Crippen MR) is 139 cm³/mol. The van der Waals surface area contributed by atoms with Crippen molar-refractivity contribution in [1.29, 1.82) is 0 Å². The van der Waals surface area contributed by atoms with Crippen LogP contribution >= 0.6 is 0 Å². The highest BCUT2D eigenvalue weighted by molar-refractivity contribution is 5.95. The summed E-state index contributed by atoms with van der Waals surface area (Å²) < 4.78 is 37.4. The summed E-state index contributed by atoms with van der Waals surface area (Å²) in [7, 11) is 3.19. The van der Waals surface area contributed by atoms with Gasteiger partial charge in [0.1, 0.15) is 24.7 Å². The highest BCUT2D eigenvalue weighted by Gasteiger charge is 2.19. The Morgan fingerprint density at radius 1 is 0.865 bits per heavy atom. The SMILES string of the molecule is COc1ccc(COc2cc(C(=O)NCCN3CCCC3)cc(F)c2OCc2ccc(OC)cc2)cc1. The highest BCUT2D eigenvalue weighted by atomic mass is 19.1. The lowest BCUT2D eigenvalue weighted by molar-refractivity contribution is 0.0948. The molecule has 0 aromatic heterocycles. The van der Waals surface area contributed by atoms with Crippen LogP contribution in [-0.2, 0) is 13.2 Å². The molecule has 1 aliphatic heterocycles. The van der Waals surface area contributed by atoms with Gasteiger partial charge in [-0.2, -0.15) is 0 Å². The van der Waals surface area contributed by atoms with E-state index in [9.17, 15) is 4.79 Å². The summed E-state index contributed by atoms with van der Waals surface area (Å²) in [5, 5.41) is 2.89. The van der Waals surface area contributed by atoms with Crippen LogP contribution in [0.1, 0.15) is 34.3 Å². The van der Waals surface area contributed by atoms with E-state index in [1.54, 1.807) is 14.2 Å². The molecule has 0 saturated carbocycles. The molecule has 0 bridgehead atoms. The Hall–Kier alpha value is -3.78. The van der Waals surface area contributed by atoms with Crippen LogP contribution in [0.25, 0.3) is 0 Å². The van der Waals surface area contributed by atoms with Gasteiger partial charge in [0, 0.05) is 18.7 Å². The van der Waals surface area contributed by atoms with Crippen molar-refractivity contribution < 1.29 is 28.1 Å². The number of hydrogen-bond donors (Lipinski definition) is 1. The number of nitrogens with one attached hydrogen (secondary N) is 1. The quantitative estimate of drug-likeness (QED) is 0.378. The van der Waals surface area contributed by atoms with Gasteiger partial charge in [-0.15, -0.1) is 0 Å². The van der Waals surface area contributed by atoms with Crippen LogP contribution < -0.4 is 24.3 Å². The maximum Gasteiger partial charge on any atom is 0.251 e. The number of halogens is 1. The second-order valence-electron chi connectivity index (χ2n) is 8.86. The van der Waals surface area contributed by atoms with E-state index in [1.807, 2.05) is 48.5 Å². The lowest BCUT2D eigenvalue weighted by atomic mass is 10.1. The number of hydrogen-bond acceptors (Lipinski definition) is 6. The van der Waals surface area contributed by atoms with Crippen molar-refractivity contribution in [2.45, 2.75) is 26.1 Å². The van der Waals surface area contributed by atoms with E-state index in [1.165, 1.54) is 25.0 Å². The Labute approximate surface area is 217 Å². The molecule has 1 heterocycles. The molecule has 1 saturated heterocycles. The molecule has 3 aromatic rings. The molecule has 1 fully saturated rings. The Morgan fingerprint density at radius 2 is 1.43 bits per heavy atom. The molecule has 8 heteroatoms. The number of carbonyl (C=O) groups is 1. The van der Waals surface area contributed by atoms with Crippen molar-refractivity contribution in [3.8, 4) is 23.0 Å². The second kappa shape index (κ2) is 13.0. The molecule has 37 heavy (non-hydrogen) atoms. The minimum absolute atomic E-state index is 0.0436. The molecule has 196 valence electrons. The van der Waals surface area contributed by atoms with Gasteiger partial charge in [-0.1, -0.05) is 24.3 Å². The zero-order valence-electron chi connectivity index (χ0n) is 21.3. The summed E-state index contributed by atoms with van der Waals surface area (Å²) in [6, 6.07) is 17.4. The Morgan fingerprint density at radius 3 is 2.00 bits per heavy atom. The largest absolute Gasteiger partial charge is 0.497 e. The summed E-state index contributed by atoms with van der Waals surface area (Å²) in [4.78, 5) is 15.1. The first-order chi connectivity index (χ1) is 18.1. The third-order valence-corrected chi connectivity index (χ3v) is 6.28. The molecule has 0 radical (unpaired) electrons. The van der Waals surface area contributed by atoms with Gasteiger partial charge in [-0.25, -0.2) is 4.39 Å².